The zero-order valence-electron chi connectivity index (χ0n) is 45.0. The maximum absolute atomic E-state index is 13.1. The second-order valence-corrected chi connectivity index (χ2v) is 20.7. The van der Waals surface area contributed by atoms with E-state index < -0.39 is 69.9 Å². The van der Waals surface area contributed by atoms with Crippen molar-refractivity contribution in [3.63, 3.8) is 0 Å². The molecule has 0 spiro atoms. The monoisotopic (exact) mass is 1160 g/mol. The molecule has 25 heteroatoms. The van der Waals surface area contributed by atoms with E-state index in [4.69, 9.17) is 23.9 Å². The number of carboxylic acids is 1. The van der Waals surface area contributed by atoms with Gasteiger partial charge >= 0.3 is 43.6 Å². The van der Waals surface area contributed by atoms with E-state index in [0.29, 0.717) is 17.5 Å². The van der Waals surface area contributed by atoms with Crippen LogP contribution in [0.2, 0.25) is 0 Å². The molecule has 1 aliphatic rings. The van der Waals surface area contributed by atoms with Crippen LogP contribution in [0.15, 0.2) is 95.9 Å². The first-order valence-corrected chi connectivity index (χ1v) is 24.2. The minimum Gasteiger partial charge on any atom is -0.478 e. The van der Waals surface area contributed by atoms with E-state index in [1.165, 1.54) is 46.0 Å². The average molecular weight is 1160 g/mol. The third-order valence-electron chi connectivity index (χ3n) is 10.8. The first kappa shape index (κ1) is 64.8. The van der Waals surface area contributed by atoms with Crippen LogP contribution in [0, 0.1) is 0 Å². The lowest BCUT2D eigenvalue weighted by Crippen LogP contribution is -2.41. The molecule has 1 aliphatic heterocycles. The Kier molecular flexibility index (Phi) is 21.0. The van der Waals surface area contributed by atoms with E-state index >= 15 is 0 Å². The second kappa shape index (κ2) is 24.9. The summed E-state index contributed by atoms with van der Waals surface area (Å²) in [5.41, 5.74) is -3.36. The number of hydrogen-bond acceptors (Lipinski definition) is 10. The van der Waals surface area contributed by atoms with Crippen LogP contribution < -0.4 is 5.59 Å². The summed E-state index contributed by atoms with van der Waals surface area (Å²) in [7, 11) is 4.75. The fourth-order valence-corrected chi connectivity index (χ4v) is 7.05. The third-order valence-corrected chi connectivity index (χ3v) is 11.3. The highest BCUT2D eigenvalue weighted by molar-refractivity contribution is 9.10. The van der Waals surface area contributed by atoms with Crippen LogP contribution >= 0.6 is 15.9 Å². The van der Waals surface area contributed by atoms with Gasteiger partial charge < -0.3 is 23.9 Å². The van der Waals surface area contributed by atoms with Crippen LogP contribution in [0.1, 0.15) is 131 Å². The van der Waals surface area contributed by atoms with Gasteiger partial charge in [-0.3, -0.25) is 14.0 Å². The SMILES string of the molecule is CC.CC(C)(C)OC(=O)c1cc(Br)cc(C(F)(F)F)c1.Cn1nccc1-c1cc(C(=O)O)cc(C(F)(F)F)c1.Cn1nccc1-c1cc(C(=O)OC(C)(C)C)cc(C(F)(F)F)c1.Cn1nccc1B1OC(C)(C)C(C)(C)O1. The summed E-state index contributed by atoms with van der Waals surface area (Å²) < 4.78 is 142. The van der Waals surface area contributed by atoms with Gasteiger partial charge in [0.1, 0.15) is 11.2 Å². The van der Waals surface area contributed by atoms with Crippen molar-refractivity contribution in [1.82, 2.24) is 29.3 Å². The molecule has 1 N–H and O–H groups in total. The highest BCUT2D eigenvalue weighted by Crippen LogP contribution is 2.38. The summed E-state index contributed by atoms with van der Waals surface area (Å²) in [6, 6.07) is 13.9. The average Bonchev–Trinajstić information content (AvgIpc) is 4.08. The van der Waals surface area contributed by atoms with Crippen LogP contribution in [-0.2, 0) is 58.5 Å². The Morgan fingerprint density at radius 3 is 1.21 bits per heavy atom. The highest BCUT2D eigenvalue weighted by atomic mass is 79.9. The summed E-state index contributed by atoms with van der Waals surface area (Å²) in [5.74, 6) is -2.99. The molecule has 14 nitrogen and oxygen atoms in total. The van der Waals surface area contributed by atoms with Gasteiger partial charge in [-0.15, -0.1) is 0 Å². The van der Waals surface area contributed by atoms with Gasteiger partial charge in [0.05, 0.1) is 61.6 Å². The van der Waals surface area contributed by atoms with Gasteiger partial charge in [-0.25, -0.2) is 14.4 Å². The van der Waals surface area contributed by atoms with Crippen molar-refractivity contribution >= 4 is 46.5 Å². The summed E-state index contributed by atoms with van der Waals surface area (Å²) >= 11 is 2.95. The number of carboxylic acid groups (broad SMARTS) is 1. The van der Waals surface area contributed by atoms with Crippen molar-refractivity contribution in [3.8, 4) is 22.5 Å². The predicted octanol–water partition coefficient (Wildman–Crippen LogP) is 13.0. The number of carbonyl (C=O) groups excluding carboxylic acids is 2. The van der Waals surface area contributed by atoms with Crippen LogP contribution in [0.5, 0.6) is 0 Å². The molecular weight excluding hydrogens is 1100 g/mol. The molecule has 3 aromatic heterocycles. The lowest BCUT2D eigenvalue weighted by molar-refractivity contribution is -0.138. The van der Waals surface area contributed by atoms with Gasteiger partial charge in [-0.2, -0.15) is 54.8 Å². The van der Waals surface area contributed by atoms with Crippen molar-refractivity contribution in [2.45, 2.75) is 124 Å². The molecule has 0 radical (unpaired) electrons. The maximum Gasteiger partial charge on any atom is 0.514 e. The third kappa shape index (κ3) is 18.6. The predicted molar refractivity (Wildman–Crippen MR) is 274 cm³/mol. The normalized spacial score (nSPS) is 14.1. The first-order chi connectivity index (χ1) is 35.1. The lowest BCUT2D eigenvalue weighted by atomic mass is 9.85. The number of aromatic nitrogens is 6. The molecule has 6 aromatic rings. The summed E-state index contributed by atoms with van der Waals surface area (Å²) in [6.07, 6.45) is -9.01. The Hall–Kier alpha value is -6.47. The maximum atomic E-state index is 13.1. The zero-order chi connectivity index (χ0) is 59.0. The Labute approximate surface area is 449 Å². The van der Waals surface area contributed by atoms with E-state index in [1.54, 1.807) is 72.6 Å². The smallest absolute Gasteiger partial charge is 0.478 e. The molecule has 77 heavy (non-hydrogen) atoms. The molecule has 4 heterocycles. The Morgan fingerprint density at radius 2 is 0.883 bits per heavy atom. The van der Waals surface area contributed by atoms with Crippen LogP contribution in [0.25, 0.3) is 22.5 Å². The number of nitrogens with zero attached hydrogens (tertiary/aromatic N) is 6. The van der Waals surface area contributed by atoms with Crippen LogP contribution in [0.4, 0.5) is 39.5 Å². The van der Waals surface area contributed by atoms with Crippen molar-refractivity contribution in [1.29, 1.82) is 0 Å². The topological polar surface area (TPSA) is 162 Å². The molecule has 0 bridgehead atoms. The molecule has 0 unspecified atom stereocenters. The fourth-order valence-electron chi connectivity index (χ4n) is 6.56. The Morgan fingerprint density at radius 1 is 0.545 bits per heavy atom. The van der Waals surface area contributed by atoms with E-state index in [9.17, 15) is 53.9 Å². The number of ether oxygens (including phenoxy) is 2. The summed E-state index contributed by atoms with van der Waals surface area (Å²) in [4.78, 5) is 34.7. The molecule has 0 saturated carbocycles. The number of rotatable bonds is 6. The minimum atomic E-state index is -4.60. The number of carbonyl (C=O) groups is 3. The number of halogens is 10. The van der Waals surface area contributed by atoms with E-state index in [0.717, 1.165) is 35.9 Å². The number of aryl methyl sites for hydroxylation is 3. The summed E-state index contributed by atoms with van der Waals surface area (Å²) in [5, 5.41) is 20.8. The van der Waals surface area contributed by atoms with Crippen molar-refractivity contribution < 1.29 is 77.8 Å². The molecule has 3 aromatic carbocycles. The molecule has 0 amide bonds. The quantitative estimate of drug-likeness (QED) is 0.0960. The number of benzene rings is 3. The molecule has 420 valence electrons. The van der Waals surface area contributed by atoms with Crippen molar-refractivity contribution in [2.75, 3.05) is 0 Å². The van der Waals surface area contributed by atoms with Crippen LogP contribution in [-0.4, -0.2) is 81.9 Å². The lowest BCUT2D eigenvalue weighted by Gasteiger charge is -2.32. The van der Waals surface area contributed by atoms with Gasteiger partial charge in [-0.1, -0.05) is 29.8 Å². The molecule has 1 saturated heterocycles. The number of esters is 2. The van der Waals surface area contributed by atoms with E-state index in [1.807, 2.05) is 54.7 Å². The number of aromatic carboxylic acids is 1. The molecular formula is C52H61BBrF9N6O8. The molecule has 0 aliphatic carbocycles. The van der Waals surface area contributed by atoms with Gasteiger partial charge in [0.2, 0.25) is 0 Å². The zero-order valence-corrected chi connectivity index (χ0v) is 46.6. The van der Waals surface area contributed by atoms with E-state index in [-0.39, 0.29) is 45.0 Å². The van der Waals surface area contributed by atoms with Gasteiger partial charge in [-0.05, 0) is 142 Å². The first-order valence-electron chi connectivity index (χ1n) is 23.4. The van der Waals surface area contributed by atoms with Crippen molar-refractivity contribution in [3.05, 3.63) is 129 Å². The molecule has 1 fully saturated rings. The van der Waals surface area contributed by atoms with Crippen molar-refractivity contribution in [2.24, 2.45) is 21.1 Å². The summed E-state index contributed by atoms with van der Waals surface area (Å²) in [6.45, 7) is 22.1. The Bertz CT molecular complexity index is 2970. The molecule has 7 rings (SSSR count). The molecule has 0 atom stereocenters. The van der Waals surface area contributed by atoms with Crippen LogP contribution in [0.3, 0.4) is 0 Å². The van der Waals surface area contributed by atoms with Gasteiger partial charge in [0, 0.05) is 55.3 Å². The fraction of sp³-hybridized carbons (Fsp3) is 0.423. The largest absolute Gasteiger partial charge is 0.514 e. The van der Waals surface area contributed by atoms with Gasteiger partial charge in [0.15, 0.2) is 0 Å². The van der Waals surface area contributed by atoms with Gasteiger partial charge in [0.25, 0.3) is 0 Å². The highest BCUT2D eigenvalue weighted by Gasteiger charge is 2.52. The second-order valence-electron chi connectivity index (χ2n) is 19.8. The number of alkyl halides is 9. The Balaban J connectivity index is 0.000000270. The van der Waals surface area contributed by atoms with E-state index in [2.05, 4.69) is 31.2 Å². The standard InChI is InChI=1S/C16H17F3N2O2.C12H12BrF3O2.C12H9F3N2O2.C10H17BN2O2.C2H6/c1-15(2,3)23-14(22)11-7-10(13-5-6-20-21(13)4)8-12(9-11)16(17,18)19;1-11(2,3)18-10(17)7-4-8(12(14,15)16)6-9(13)5-7;1-17-10(2-3-16-17)7-4-8(11(18)19)6-9(5-7)12(13,14)15;1-9(2)10(3,4)15-11(14-9)8-6-7-12-13(8)5;1-2/h5-9H,1-4H3;4-6H,1-3H3;2-6H,1H3,(H,18,19);6-7H,1-5H3;1-2H3. The number of hydrogen-bond donors (Lipinski definition) is 1. The minimum absolute atomic E-state index is 0.133.